The normalized spacial score (nSPS) is 11.5. The van der Waals surface area contributed by atoms with Crippen molar-refractivity contribution in [1.29, 1.82) is 0 Å². The zero-order valence-corrected chi connectivity index (χ0v) is 41.3. The van der Waals surface area contributed by atoms with E-state index < -0.39 is 0 Å². The smallest absolute Gasteiger partial charge is 0.225 e. The van der Waals surface area contributed by atoms with Gasteiger partial charge in [0.1, 0.15) is 0 Å². The van der Waals surface area contributed by atoms with Crippen molar-refractivity contribution in [1.82, 2.24) is 88.1 Å². The van der Waals surface area contributed by atoms with Crippen molar-refractivity contribution in [3.05, 3.63) is 181 Å². The first-order valence-electron chi connectivity index (χ1n) is 24.8. The fourth-order valence-corrected chi connectivity index (χ4v) is 9.03. The Hall–Kier alpha value is -11.0. The van der Waals surface area contributed by atoms with Gasteiger partial charge in [-0.1, -0.05) is 91.0 Å². The maximum absolute atomic E-state index is 6.10. The predicted octanol–water partition coefficient (Wildman–Crippen LogP) is 7.68. The minimum Gasteiger partial charge on any atom is -0.461 e. The van der Waals surface area contributed by atoms with Crippen LogP contribution in [-0.4, -0.2) is 88.1 Å². The predicted molar refractivity (Wildman–Crippen MR) is 289 cm³/mol. The molecule has 0 amide bonds. The van der Waals surface area contributed by atoms with Crippen LogP contribution < -0.4 is 17.2 Å². The van der Waals surface area contributed by atoms with Crippen LogP contribution in [0.1, 0.15) is 16.7 Å². The molecule has 0 radical (unpaired) electrons. The van der Waals surface area contributed by atoms with Gasteiger partial charge in [-0.25, -0.2) is 29.0 Å². The number of rotatable bonds is 12. The first-order chi connectivity index (χ1) is 38.4. The summed E-state index contributed by atoms with van der Waals surface area (Å²) in [6.45, 7) is 2.11. The number of furan rings is 3. The van der Waals surface area contributed by atoms with Gasteiger partial charge in [0.05, 0.1) is 53.5 Å². The lowest BCUT2D eigenvalue weighted by Gasteiger charge is -2.04. The molecule has 0 aliphatic rings. The molecule has 12 aromatic heterocycles. The van der Waals surface area contributed by atoms with Crippen molar-refractivity contribution < 1.29 is 13.3 Å². The summed E-state index contributed by atoms with van der Waals surface area (Å²) >= 11 is 0. The van der Waals surface area contributed by atoms with Crippen LogP contribution in [-0.2, 0) is 38.9 Å². The monoisotopic (exact) mass is 1040 g/mol. The molecule has 0 saturated heterocycles. The van der Waals surface area contributed by atoms with Gasteiger partial charge in [-0.15, -0.1) is 15.3 Å². The molecule has 6 N–H and O–H groups in total. The van der Waals surface area contributed by atoms with Crippen LogP contribution >= 0.6 is 0 Å². The van der Waals surface area contributed by atoms with E-state index >= 15 is 0 Å². The Balaban J connectivity index is 0.000000111. The molecular weight excluding hydrogens is 991 g/mol. The highest BCUT2D eigenvalue weighted by Gasteiger charge is 2.21. The zero-order chi connectivity index (χ0) is 52.5. The number of nitrogens with zero attached hydrogens (tertiary/aromatic N) is 18. The molecule has 3 aromatic carbocycles. The van der Waals surface area contributed by atoms with Gasteiger partial charge in [0.2, 0.25) is 35.3 Å². The minimum atomic E-state index is 0.263. The highest BCUT2D eigenvalue weighted by Crippen LogP contribution is 2.27. The van der Waals surface area contributed by atoms with Crippen molar-refractivity contribution >= 4 is 67.9 Å². The third-order valence-corrected chi connectivity index (χ3v) is 12.9. The van der Waals surface area contributed by atoms with E-state index in [9.17, 15) is 0 Å². The van der Waals surface area contributed by atoms with Crippen molar-refractivity contribution in [2.75, 3.05) is 17.2 Å². The summed E-state index contributed by atoms with van der Waals surface area (Å²) in [6.07, 6.45) is 12.6. The summed E-state index contributed by atoms with van der Waals surface area (Å²) in [4.78, 5) is 27.1. The lowest BCUT2D eigenvalue weighted by molar-refractivity contribution is 0.577. The first-order valence-corrected chi connectivity index (χ1v) is 24.8. The summed E-state index contributed by atoms with van der Waals surface area (Å²) in [7, 11) is 0. The van der Waals surface area contributed by atoms with Crippen molar-refractivity contribution in [2.45, 2.75) is 38.9 Å². The van der Waals surface area contributed by atoms with Crippen LogP contribution in [0.15, 0.2) is 178 Å². The molecule has 15 aromatic rings. The molecular formula is C54H45N21O3. The van der Waals surface area contributed by atoms with E-state index in [1.165, 1.54) is 30.2 Å². The molecule has 0 bridgehead atoms. The number of benzene rings is 3. The molecule has 0 aliphatic heterocycles. The van der Waals surface area contributed by atoms with Gasteiger partial charge >= 0.3 is 0 Å². The van der Waals surface area contributed by atoms with Crippen LogP contribution in [0.4, 0.5) is 17.8 Å². The maximum atomic E-state index is 6.10. The second-order valence-electron chi connectivity index (χ2n) is 17.9. The largest absolute Gasteiger partial charge is 0.461 e. The van der Waals surface area contributed by atoms with Crippen LogP contribution in [0.2, 0.25) is 0 Å². The topological polar surface area (TPSA) is 300 Å². The van der Waals surface area contributed by atoms with Gasteiger partial charge in [-0.3, -0.25) is 0 Å². The third-order valence-electron chi connectivity index (χ3n) is 12.9. The lowest BCUT2D eigenvalue weighted by Crippen LogP contribution is -2.07. The Kier molecular flexibility index (Phi) is 12.0. The second kappa shape index (κ2) is 20.0. The average Bonchev–Trinajstić information content (AvgIpc) is 4.47. The summed E-state index contributed by atoms with van der Waals surface area (Å²) < 4.78 is 26.2. The average molecular weight is 1040 g/mol. The van der Waals surface area contributed by atoms with Crippen molar-refractivity contribution in [2.24, 2.45) is 0 Å². The highest BCUT2D eigenvalue weighted by molar-refractivity contribution is 5.92. The SMILES string of the molecule is Nc1nc2c(cnn2CCc2ccccc2)c2nc(-c3ccco3)nn12.Nc1nc2c(cnn2CCc2ccccc2)c2nc(-c3ccco3)nn12.Nc1nc2c(cnn2CCc2ccccc2)c2nc(-c3ccco3)nn12. The Labute approximate surface area is 440 Å². The number of hydrogen-bond acceptors (Lipinski definition) is 18. The maximum Gasteiger partial charge on any atom is 0.225 e. The summed E-state index contributed by atoms with van der Waals surface area (Å²) in [5.74, 6) is 3.93. The Morgan fingerprint density at radius 3 is 0.897 bits per heavy atom. The van der Waals surface area contributed by atoms with E-state index in [2.05, 4.69) is 96.9 Å². The summed E-state index contributed by atoms with van der Waals surface area (Å²) in [5.41, 5.74) is 26.0. The fourth-order valence-electron chi connectivity index (χ4n) is 9.03. The Morgan fingerprint density at radius 2 is 0.628 bits per heavy atom. The van der Waals surface area contributed by atoms with Gasteiger partial charge in [-0.2, -0.15) is 43.8 Å². The van der Waals surface area contributed by atoms with Gasteiger partial charge in [0.15, 0.2) is 51.2 Å². The molecule has 0 aliphatic carbocycles. The molecule has 0 saturated carbocycles. The van der Waals surface area contributed by atoms with E-state index in [0.29, 0.717) is 88.3 Å². The molecule has 0 fully saturated rings. The Morgan fingerprint density at radius 1 is 0.333 bits per heavy atom. The quantitative estimate of drug-likeness (QED) is 0.106. The molecule has 78 heavy (non-hydrogen) atoms. The van der Waals surface area contributed by atoms with Gasteiger partial charge < -0.3 is 30.5 Å². The summed E-state index contributed by atoms with van der Waals surface area (Å²) in [6, 6.07) is 41.6. The highest BCUT2D eigenvalue weighted by atomic mass is 16.3. The number of fused-ring (bicyclic) bond motifs is 9. The van der Waals surface area contributed by atoms with E-state index in [1.54, 1.807) is 73.8 Å². The van der Waals surface area contributed by atoms with E-state index in [4.69, 9.17) is 30.5 Å². The number of aryl methyl sites for hydroxylation is 6. The van der Waals surface area contributed by atoms with Gasteiger partial charge in [0.25, 0.3) is 0 Å². The molecule has 0 unspecified atom stereocenters. The third kappa shape index (κ3) is 8.99. The molecule has 15 rings (SSSR count). The molecule has 24 heteroatoms. The van der Waals surface area contributed by atoms with E-state index in [-0.39, 0.29) is 17.8 Å². The zero-order valence-electron chi connectivity index (χ0n) is 41.3. The van der Waals surface area contributed by atoms with Crippen LogP contribution in [0.3, 0.4) is 0 Å². The molecule has 0 atom stereocenters. The lowest BCUT2D eigenvalue weighted by atomic mass is 10.1. The molecule has 384 valence electrons. The number of nitrogen functional groups attached to an aromatic ring is 3. The van der Waals surface area contributed by atoms with Crippen LogP contribution in [0.5, 0.6) is 0 Å². The van der Waals surface area contributed by atoms with Crippen molar-refractivity contribution in [3.8, 4) is 34.8 Å². The van der Waals surface area contributed by atoms with Crippen LogP contribution in [0.25, 0.3) is 84.8 Å². The number of nitrogens with two attached hydrogens (primary N) is 3. The second-order valence-corrected chi connectivity index (χ2v) is 17.9. The minimum absolute atomic E-state index is 0.263. The number of aromatic nitrogens is 18. The molecule has 0 spiro atoms. The number of anilines is 3. The summed E-state index contributed by atoms with van der Waals surface area (Å²) in [5, 5.41) is 29.0. The van der Waals surface area contributed by atoms with Gasteiger partial charge in [0, 0.05) is 19.6 Å². The number of hydrogen-bond donors (Lipinski definition) is 3. The first kappa shape index (κ1) is 46.7. The Bertz CT molecular complexity index is 4020. The van der Waals surface area contributed by atoms with E-state index in [0.717, 1.165) is 35.4 Å². The van der Waals surface area contributed by atoms with Crippen molar-refractivity contribution in [3.63, 3.8) is 0 Å². The standard InChI is InChI=1S/3C18H15N7O/c3*19-18-22-16-13(11-20-24(16)9-8-12-5-2-1-3-6-12)17-21-15(23-25(17)18)14-7-4-10-26-14/h3*1-7,10-11H,8-9H2,(H2,19,22). The van der Waals surface area contributed by atoms with Crippen LogP contribution in [0, 0.1) is 0 Å². The fraction of sp³-hybridized carbons (Fsp3) is 0.111. The van der Waals surface area contributed by atoms with E-state index in [1.807, 2.05) is 68.6 Å². The van der Waals surface area contributed by atoms with Gasteiger partial charge in [-0.05, 0) is 72.4 Å². The molecule has 12 heterocycles. The molecule has 24 nitrogen and oxygen atoms in total.